The van der Waals surface area contributed by atoms with Crippen molar-refractivity contribution in [3.8, 4) is 5.69 Å². The molecule has 34 heavy (non-hydrogen) atoms. The van der Waals surface area contributed by atoms with Gasteiger partial charge in [-0.1, -0.05) is 36.5 Å². The molecule has 1 aliphatic heterocycles. The molecule has 2 N–H and O–H groups in total. The molecule has 2 amide bonds. The van der Waals surface area contributed by atoms with Crippen LogP contribution in [0.25, 0.3) is 5.69 Å². The highest BCUT2D eigenvalue weighted by atomic mass is 35.5. The molecular weight excluding hydrogens is 473 g/mol. The minimum atomic E-state index is -0.325. The van der Waals surface area contributed by atoms with Crippen molar-refractivity contribution in [1.82, 2.24) is 20.0 Å². The highest BCUT2D eigenvalue weighted by molar-refractivity contribution is 6.34. The first-order valence-electron chi connectivity index (χ1n) is 11.4. The number of nitrogens with one attached hydrogen (secondary N) is 2. The third-order valence-electron chi connectivity index (χ3n) is 5.76. The summed E-state index contributed by atoms with van der Waals surface area (Å²) in [6.45, 7) is 5.05. The molecule has 1 aliphatic rings. The molecule has 9 heteroatoms. The Morgan fingerprint density at radius 2 is 1.88 bits per heavy atom. The van der Waals surface area contributed by atoms with Crippen LogP contribution in [0, 0.1) is 0 Å². The zero-order valence-corrected chi connectivity index (χ0v) is 20.5. The lowest BCUT2D eigenvalue weighted by atomic mass is 10.1. The van der Waals surface area contributed by atoms with E-state index in [0.29, 0.717) is 46.4 Å². The van der Waals surface area contributed by atoms with E-state index in [0.717, 1.165) is 37.3 Å². The highest BCUT2D eigenvalue weighted by Crippen LogP contribution is 2.26. The zero-order valence-electron chi connectivity index (χ0n) is 19.0. The molecule has 0 unspecified atom stereocenters. The van der Waals surface area contributed by atoms with Crippen LogP contribution in [0.1, 0.15) is 46.2 Å². The van der Waals surface area contributed by atoms with Gasteiger partial charge in [0.1, 0.15) is 0 Å². The summed E-state index contributed by atoms with van der Waals surface area (Å²) < 4.78 is 1.75. The molecule has 2 aromatic carbocycles. The van der Waals surface area contributed by atoms with Crippen molar-refractivity contribution in [3.05, 3.63) is 75.5 Å². The van der Waals surface area contributed by atoms with Gasteiger partial charge in [0.2, 0.25) is 0 Å². The number of amides is 2. The topological polar surface area (TPSA) is 79.3 Å². The van der Waals surface area contributed by atoms with Crippen LogP contribution < -0.4 is 10.6 Å². The van der Waals surface area contributed by atoms with Crippen molar-refractivity contribution < 1.29 is 9.59 Å². The summed E-state index contributed by atoms with van der Waals surface area (Å²) in [4.78, 5) is 28.1. The molecule has 2 heterocycles. The molecule has 0 saturated carbocycles. The van der Waals surface area contributed by atoms with E-state index in [-0.39, 0.29) is 11.8 Å². The maximum Gasteiger partial charge on any atom is 0.259 e. The third-order valence-corrected chi connectivity index (χ3v) is 6.34. The predicted octanol–water partition coefficient (Wildman–Crippen LogP) is 4.82. The quantitative estimate of drug-likeness (QED) is 0.509. The first kappa shape index (κ1) is 24.3. The minimum Gasteiger partial charge on any atom is -0.337 e. The summed E-state index contributed by atoms with van der Waals surface area (Å²) in [7, 11) is 0. The first-order valence-corrected chi connectivity index (χ1v) is 12.2. The summed E-state index contributed by atoms with van der Waals surface area (Å²) in [5, 5.41) is 11.6. The van der Waals surface area contributed by atoms with Gasteiger partial charge in [0, 0.05) is 30.2 Å². The van der Waals surface area contributed by atoms with Crippen molar-refractivity contribution in [3.63, 3.8) is 0 Å². The predicted molar refractivity (Wildman–Crippen MR) is 135 cm³/mol. The van der Waals surface area contributed by atoms with Crippen LogP contribution >= 0.6 is 23.2 Å². The van der Waals surface area contributed by atoms with E-state index in [1.54, 1.807) is 41.2 Å². The van der Waals surface area contributed by atoms with Gasteiger partial charge in [0.15, 0.2) is 0 Å². The Morgan fingerprint density at radius 3 is 2.65 bits per heavy atom. The zero-order chi connectivity index (χ0) is 24.1. The van der Waals surface area contributed by atoms with Crippen LogP contribution in [0.2, 0.25) is 10.0 Å². The van der Waals surface area contributed by atoms with Gasteiger partial charge < -0.3 is 15.5 Å². The van der Waals surface area contributed by atoms with Crippen LogP contribution in [0.15, 0.2) is 48.7 Å². The number of anilines is 1. The maximum absolute atomic E-state index is 13.2. The Bertz CT molecular complexity index is 1170. The van der Waals surface area contributed by atoms with Gasteiger partial charge in [-0.3, -0.25) is 9.59 Å². The van der Waals surface area contributed by atoms with E-state index in [1.165, 1.54) is 0 Å². The van der Waals surface area contributed by atoms with Crippen molar-refractivity contribution in [1.29, 1.82) is 0 Å². The SMILES string of the molecule is CCCc1c(C(=O)Nc2cc(C(=O)N3CCCNCC3)ccc2Cl)cnn1-c1ccc(Cl)cc1. The molecule has 4 rings (SSSR count). The largest absolute Gasteiger partial charge is 0.337 e. The van der Waals surface area contributed by atoms with Crippen LogP contribution in [-0.4, -0.2) is 52.7 Å². The Labute approximate surface area is 209 Å². The maximum atomic E-state index is 13.2. The Hall–Kier alpha value is -2.87. The molecule has 0 aliphatic carbocycles. The van der Waals surface area contributed by atoms with Gasteiger partial charge in [-0.2, -0.15) is 5.10 Å². The summed E-state index contributed by atoms with van der Waals surface area (Å²) in [6.07, 6.45) is 3.97. The van der Waals surface area contributed by atoms with Crippen molar-refractivity contribution >= 4 is 40.7 Å². The number of carbonyl (C=O) groups excluding carboxylic acids is 2. The van der Waals surface area contributed by atoms with Gasteiger partial charge in [0.25, 0.3) is 11.8 Å². The molecule has 0 spiro atoms. The van der Waals surface area contributed by atoms with Gasteiger partial charge in [-0.05, 0) is 61.9 Å². The second-order valence-electron chi connectivity index (χ2n) is 8.19. The minimum absolute atomic E-state index is 0.0712. The lowest BCUT2D eigenvalue weighted by Crippen LogP contribution is -2.34. The van der Waals surface area contributed by atoms with Gasteiger partial charge in [0.05, 0.1) is 33.9 Å². The average molecular weight is 500 g/mol. The molecule has 1 saturated heterocycles. The molecule has 1 aromatic heterocycles. The smallest absolute Gasteiger partial charge is 0.259 e. The highest BCUT2D eigenvalue weighted by Gasteiger charge is 2.21. The number of benzene rings is 2. The fourth-order valence-electron chi connectivity index (χ4n) is 4.02. The molecule has 7 nitrogen and oxygen atoms in total. The number of hydrogen-bond donors (Lipinski definition) is 2. The Morgan fingerprint density at radius 1 is 1.09 bits per heavy atom. The molecule has 0 atom stereocenters. The third kappa shape index (κ3) is 5.43. The number of hydrogen-bond acceptors (Lipinski definition) is 4. The standard InChI is InChI=1S/C25H27Cl2N5O2/c1-2-4-23-20(16-29-32(23)19-8-6-18(26)7-9-19)24(33)30-22-15-17(5-10-21(22)27)25(34)31-13-3-11-28-12-14-31/h5-10,15-16,28H,2-4,11-14H2,1H3,(H,30,33). The number of rotatable bonds is 6. The lowest BCUT2D eigenvalue weighted by Gasteiger charge is -2.20. The monoisotopic (exact) mass is 499 g/mol. The number of carbonyl (C=O) groups is 2. The fourth-order valence-corrected chi connectivity index (χ4v) is 4.31. The number of nitrogens with zero attached hydrogens (tertiary/aromatic N) is 3. The molecule has 0 radical (unpaired) electrons. The van der Waals surface area contributed by atoms with Gasteiger partial charge in [-0.25, -0.2) is 4.68 Å². The van der Waals surface area contributed by atoms with E-state index in [2.05, 4.69) is 15.7 Å². The first-order chi connectivity index (χ1) is 16.5. The lowest BCUT2D eigenvalue weighted by molar-refractivity contribution is 0.0766. The molecular formula is C25H27Cl2N5O2. The van der Waals surface area contributed by atoms with E-state index < -0.39 is 0 Å². The summed E-state index contributed by atoms with van der Waals surface area (Å²) in [5.74, 6) is -0.396. The second-order valence-corrected chi connectivity index (χ2v) is 9.03. The summed E-state index contributed by atoms with van der Waals surface area (Å²) in [5.41, 5.74) is 2.97. The van der Waals surface area contributed by atoms with Crippen LogP contribution in [0.5, 0.6) is 0 Å². The molecule has 0 bridgehead atoms. The van der Waals surface area contributed by atoms with Crippen molar-refractivity contribution in [2.75, 3.05) is 31.5 Å². The second kappa shape index (κ2) is 11.0. The molecule has 178 valence electrons. The van der Waals surface area contributed by atoms with E-state index >= 15 is 0 Å². The van der Waals surface area contributed by atoms with Gasteiger partial charge in [-0.15, -0.1) is 0 Å². The average Bonchev–Trinajstić information content (AvgIpc) is 3.06. The molecule has 1 fully saturated rings. The number of halogens is 2. The van der Waals surface area contributed by atoms with Crippen LogP contribution in [-0.2, 0) is 6.42 Å². The Kier molecular flexibility index (Phi) is 7.88. The van der Waals surface area contributed by atoms with E-state index in [1.807, 2.05) is 24.0 Å². The van der Waals surface area contributed by atoms with Crippen molar-refractivity contribution in [2.45, 2.75) is 26.2 Å². The van der Waals surface area contributed by atoms with Gasteiger partial charge >= 0.3 is 0 Å². The Balaban J connectivity index is 1.58. The molecule has 3 aromatic rings. The van der Waals surface area contributed by atoms with E-state index in [9.17, 15) is 9.59 Å². The summed E-state index contributed by atoms with van der Waals surface area (Å²) in [6, 6.07) is 12.3. The van der Waals surface area contributed by atoms with E-state index in [4.69, 9.17) is 23.2 Å². The fraction of sp³-hybridized carbons (Fsp3) is 0.320. The van der Waals surface area contributed by atoms with Crippen LogP contribution in [0.3, 0.4) is 0 Å². The summed E-state index contributed by atoms with van der Waals surface area (Å²) >= 11 is 12.4. The number of aromatic nitrogens is 2. The normalized spacial score (nSPS) is 14.0. The van der Waals surface area contributed by atoms with Crippen LogP contribution in [0.4, 0.5) is 5.69 Å². The van der Waals surface area contributed by atoms with Crippen molar-refractivity contribution in [2.24, 2.45) is 0 Å².